The Balaban J connectivity index is 2.10. The molecule has 0 aliphatic carbocycles. The first-order chi connectivity index (χ1) is 10.5. The summed E-state index contributed by atoms with van der Waals surface area (Å²) in [6.07, 6.45) is 6.68. The Morgan fingerprint density at radius 1 is 1.36 bits per heavy atom. The van der Waals surface area contributed by atoms with E-state index in [1.165, 1.54) is 5.56 Å². The smallest absolute Gasteiger partial charge is 0.147 e. The summed E-state index contributed by atoms with van der Waals surface area (Å²) in [5, 5.41) is 1.55. The lowest BCUT2D eigenvalue weighted by atomic mass is 10.0. The van der Waals surface area contributed by atoms with Gasteiger partial charge in [-0.3, -0.25) is 0 Å². The summed E-state index contributed by atoms with van der Waals surface area (Å²) in [6, 6.07) is 0. The first-order valence-corrected chi connectivity index (χ1v) is 8.61. The Morgan fingerprint density at radius 2 is 2.14 bits per heavy atom. The Morgan fingerprint density at radius 3 is 2.77 bits per heavy atom. The monoisotopic (exact) mass is 321 g/mol. The van der Waals surface area contributed by atoms with Crippen molar-refractivity contribution in [3.63, 3.8) is 0 Å². The lowest BCUT2D eigenvalue weighted by molar-refractivity contribution is -0.00282. The maximum Gasteiger partial charge on any atom is 0.147 e. The maximum atomic E-state index is 6.40. The zero-order valence-corrected chi connectivity index (χ0v) is 14.5. The first kappa shape index (κ1) is 15.8. The van der Waals surface area contributed by atoms with Crippen LogP contribution in [-0.4, -0.2) is 20.6 Å². The highest BCUT2D eigenvalue weighted by Crippen LogP contribution is 2.38. The van der Waals surface area contributed by atoms with Gasteiger partial charge in [-0.25, -0.2) is 9.97 Å². The normalized spacial score (nSPS) is 25.2. The molecule has 0 spiro atoms. The number of hydrogen-bond donors (Lipinski definition) is 0. The van der Waals surface area contributed by atoms with Crippen LogP contribution in [0.1, 0.15) is 57.6 Å². The zero-order valence-electron chi connectivity index (χ0n) is 13.8. The lowest BCUT2D eigenvalue weighted by Crippen LogP contribution is -2.12. The van der Waals surface area contributed by atoms with Crippen LogP contribution in [0.5, 0.6) is 0 Å². The second-order valence-electron chi connectivity index (χ2n) is 6.32. The lowest BCUT2D eigenvalue weighted by Gasteiger charge is -2.15. The van der Waals surface area contributed by atoms with Crippen LogP contribution in [0.4, 0.5) is 0 Å². The third-order valence-corrected chi connectivity index (χ3v) is 4.86. The molecule has 120 valence electrons. The molecule has 0 bridgehead atoms. The highest BCUT2D eigenvalue weighted by molar-refractivity contribution is 6.34. The molecule has 0 radical (unpaired) electrons. The molecule has 0 amide bonds. The highest BCUT2D eigenvalue weighted by atomic mass is 35.5. The third-order valence-electron chi connectivity index (χ3n) is 4.59. The van der Waals surface area contributed by atoms with Crippen molar-refractivity contribution in [1.29, 1.82) is 0 Å². The summed E-state index contributed by atoms with van der Waals surface area (Å²) < 4.78 is 8.42. The second-order valence-corrected chi connectivity index (χ2v) is 6.68. The molecular weight excluding hydrogens is 298 g/mol. The van der Waals surface area contributed by atoms with Gasteiger partial charge in [0.1, 0.15) is 22.9 Å². The Labute approximate surface area is 136 Å². The van der Waals surface area contributed by atoms with Crippen molar-refractivity contribution in [3.05, 3.63) is 22.7 Å². The SMILES string of the molecule is CCCc1cn(C2CC(C)C(CC)O2)c2nc(C)nc(Cl)c12. The molecule has 1 aliphatic rings. The summed E-state index contributed by atoms with van der Waals surface area (Å²) in [7, 11) is 0. The average Bonchev–Trinajstić information content (AvgIpc) is 3.00. The fourth-order valence-electron chi connectivity index (χ4n) is 3.50. The van der Waals surface area contributed by atoms with Gasteiger partial charge in [-0.15, -0.1) is 0 Å². The number of aromatic nitrogens is 3. The van der Waals surface area contributed by atoms with Gasteiger partial charge in [0.25, 0.3) is 0 Å². The third kappa shape index (κ3) is 2.63. The molecule has 1 aliphatic heterocycles. The molecule has 3 atom stereocenters. The molecule has 1 fully saturated rings. The first-order valence-electron chi connectivity index (χ1n) is 8.24. The summed E-state index contributed by atoms with van der Waals surface area (Å²) in [6.45, 7) is 8.51. The number of fused-ring (bicyclic) bond motifs is 1. The number of halogens is 1. The van der Waals surface area contributed by atoms with E-state index < -0.39 is 0 Å². The van der Waals surface area contributed by atoms with Gasteiger partial charge < -0.3 is 9.30 Å². The molecule has 3 heterocycles. The van der Waals surface area contributed by atoms with E-state index in [1.54, 1.807) is 0 Å². The fourth-order valence-corrected chi connectivity index (χ4v) is 3.83. The summed E-state index contributed by atoms with van der Waals surface area (Å²) in [4.78, 5) is 8.98. The van der Waals surface area contributed by atoms with Crippen LogP contribution in [0, 0.1) is 12.8 Å². The van der Waals surface area contributed by atoms with Crippen molar-refractivity contribution in [2.75, 3.05) is 0 Å². The number of nitrogens with zero attached hydrogens (tertiary/aromatic N) is 3. The number of hydrogen-bond acceptors (Lipinski definition) is 3. The van der Waals surface area contributed by atoms with Crippen molar-refractivity contribution < 1.29 is 4.74 Å². The van der Waals surface area contributed by atoms with Gasteiger partial charge in [-0.2, -0.15) is 0 Å². The van der Waals surface area contributed by atoms with E-state index in [0.29, 0.717) is 23.0 Å². The van der Waals surface area contributed by atoms with Crippen molar-refractivity contribution in [2.24, 2.45) is 5.92 Å². The summed E-state index contributed by atoms with van der Waals surface area (Å²) in [5.41, 5.74) is 2.13. The fraction of sp³-hybridized carbons (Fsp3) is 0.647. The highest BCUT2D eigenvalue weighted by Gasteiger charge is 2.33. The Kier molecular flexibility index (Phi) is 4.42. The van der Waals surface area contributed by atoms with E-state index >= 15 is 0 Å². The van der Waals surface area contributed by atoms with Gasteiger partial charge in [0.15, 0.2) is 0 Å². The quantitative estimate of drug-likeness (QED) is 0.768. The van der Waals surface area contributed by atoms with Crippen molar-refractivity contribution >= 4 is 22.6 Å². The molecule has 3 rings (SSSR count). The molecular formula is C17H24ClN3O. The van der Waals surface area contributed by atoms with E-state index in [1.807, 2.05) is 6.92 Å². The zero-order chi connectivity index (χ0) is 15.9. The van der Waals surface area contributed by atoms with Crippen LogP contribution >= 0.6 is 11.6 Å². The molecule has 0 saturated carbocycles. The van der Waals surface area contributed by atoms with Gasteiger partial charge >= 0.3 is 0 Å². The molecule has 0 N–H and O–H groups in total. The van der Waals surface area contributed by atoms with Gasteiger partial charge in [-0.05, 0) is 37.7 Å². The minimum absolute atomic E-state index is 0.0541. The molecule has 3 unspecified atom stereocenters. The molecule has 22 heavy (non-hydrogen) atoms. The predicted molar refractivity (Wildman–Crippen MR) is 89.3 cm³/mol. The van der Waals surface area contributed by atoms with E-state index in [4.69, 9.17) is 16.3 Å². The van der Waals surface area contributed by atoms with Crippen LogP contribution in [0.3, 0.4) is 0 Å². The molecule has 1 saturated heterocycles. The number of ether oxygens (including phenoxy) is 1. The van der Waals surface area contributed by atoms with Gasteiger partial charge in [0.2, 0.25) is 0 Å². The number of rotatable bonds is 4. The molecule has 2 aromatic heterocycles. The second kappa shape index (κ2) is 6.17. The minimum Gasteiger partial charge on any atom is -0.354 e. The molecule has 5 heteroatoms. The number of aryl methyl sites for hydroxylation is 2. The van der Waals surface area contributed by atoms with Crippen molar-refractivity contribution in [2.45, 2.75) is 65.7 Å². The summed E-state index contributed by atoms with van der Waals surface area (Å²) in [5.74, 6) is 1.28. The molecule has 0 aromatic carbocycles. The van der Waals surface area contributed by atoms with E-state index in [0.717, 1.165) is 36.7 Å². The van der Waals surface area contributed by atoms with Crippen molar-refractivity contribution in [3.8, 4) is 0 Å². The van der Waals surface area contributed by atoms with Gasteiger partial charge in [0.05, 0.1) is 11.5 Å². The van der Waals surface area contributed by atoms with E-state index in [2.05, 4.69) is 41.5 Å². The van der Waals surface area contributed by atoms with Crippen LogP contribution in [0.15, 0.2) is 6.20 Å². The van der Waals surface area contributed by atoms with Crippen LogP contribution < -0.4 is 0 Å². The van der Waals surface area contributed by atoms with Crippen LogP contribution in [0.2, 0.25) is 5.15 Å². The Hall–Kier alpha value is -1.13. The largest absolute Gasteiger partial charge is 0.354 e. The van der Waals surface area contributed by atoms with Crippen molar-refractivity contribution in [1.82, 2.24) is 14.5 Å². The summed E-state index contributed by atoms with van der Waals surface area (Å²) >= 11 is 6.40. The molecule has 2 aromatic rings. The van der Waals surface area contributed by atoms with Crippen LogP contribution in [-0.2, 0) is 11.2 Å². The standard InChI is InChI=1S/C17H24ClN3O/c1-5-7-12-9-21(14-8-10(3)13(6-2)22-14)17-15(12)16(18)19-11(4)20-17/h9-10,13-14H,5-8H2,1-4H3. The van der Waals surface area contributed by atoms with Gasteiger partial charge in [-0.1, -0.05) is 38.8 Å². The van der Waals surface area contributed by atoms with Gasteiger partial charge in [0, 0.05) is 6.20 Å². The topological polar surface area (TPSA) is 39.9 Å². The average molecular weight is 322 g/mol. The van der Waals surface area contributed by atoms with E-state index in [-0.39, 0.29) is 6.23 Å². The Bertz CT molecular complexity index is 682. The van der Waals surface area contributed by atoms with E-state index in [9.17, 15) is 0 Å². The molecule has 4 nitrogen and oxygen atoms in total. The minimum atomic E-state index is 0.0541. The maximum absolute atomic E-state index is 6.40. The van der Waals surface area contributed by atoms with Crippen LogP contribution in [0.25, 0.3) is 11.0 Å². The predicted octanol–water partition coefficient (Wildman–Crippen LogP) is 4.68.